The van der Waals surface area contributed by atoms with Crippen LogP contribution in [-0.2, 0) is 14.5 Å². The van der Waals surface area contributed by atoms with Crippen LogP contribution in [0.1, 0.15) is 6.42 Å². The fourth-order valence-corrected chi connectivity index (χ4v) is 2.02. The standard InChI is InChI=1S/C7H7FO4/c8-12-7(11)5-2-1-3(9)6(10)4(2)5/h2-5,9H,1H2/t2-,3-,4-,5-/m1/s1. The van der Waals surface area contributed by atoms with E-state index in [0.717, 1.165) is 0 Å². The minimum Gasteiger partial charge on any atom is -0.385 e. The average Bonchev–Trinajstić information content (AvgIpc) is 2.68. The fourth-order valence-electron chi connectivity index (χ4n) is 2.02. The van der Waals surface area contributed by atoms with Crippen LogP contribution < -0.4 is 0 Å². The molecule has 0 saturated heterocycles. The molecule has 2 fully saturated rings. The normalized spacial score (nSPS) is 44.0. The van der Waals surface area contributed by atoms with E-state index in [4.69, 9.17) is 5.11 Å². The van der Waals surface area contributed by atoms with E-state index >= 15 is 0 Å². The summed E-state index contributed by atoms with van der Waals surface area (Å²) in [6.07, 6.45) is -0.688. The smallest absolute Gasteiger partial charge is 0.352 e. The van der Waals surface area contributed by atoms with Gasteiger partial charge in [0.2, 0.25) is 0 Å². The quantitative estimate of drug-likeness (QED) is 0.588. The molecule has 1 N–H and O–H groups in total. The second-order valence-corrected chi connectivity index (χ2v) is 3.27. The van der Waals surface area contributed by atoms with Crippen molar-refractivity contribution in [2.45, 2.75) is 12.5 Å². The molecule has 0 radical (unpaired) electrons. The Bertz CT molecular complexity index is 248. The number of fused-ring (bicyclic) bond motifs is 1. The highest BCUT2D eigenvalue weighted by Gasteiger charge is 2.66. The summed E-state index contributed by atoms with van der Waals surface area (Å²) in [4.78, 5) is 24.6. The first-order chi connectivity index (χ1) is 5.66. The number of hydrogen-bond donors (Lipinski definition) is 1. The summed E-state index contributed by atoms with van der Waals surface area (Å²) >= 11 is 0. The van der Waals surface area contributed by atoms with Crippen LogP contribution in [0.5, 0.6) is 0 Å². The Morgan fingerprint density at radius 3 is 2.75 bits per heavy atom. The maximum atomic E-state index is 11.4. The van der Waals surface area contributed by atoms with Gasteiger partial charge in [0, 0.05) is 10.4 Å². The maximum Gasteiger partial charge on any atom is 0.352 e. The Morgan fingerprint density at radius 2 is 2.33 bits per heavy atom. The van der Waals surface area contributed by atoms with Crippen LogP contribution >= 0.6 is 0 Å². The summed E-state index contributed by atoms with van der Waals surface area (Å²) < 4.78 is 11.4. The van der Waals surface area contributed by atoms with E-state index in [0.29, 0.717) is 0 Å². The predicted octanol–water partition coefficient (Wildman–Crippen LogP) is -0.390. The maximum absolute atomic E-state index is 11.4. The van der Waals surface area contributed by atoms with E-state index in [9.17, 15) is 14.1 Å². The largest absolute Gasteiger partial charge is 0.385 e. The molecule has 0 aromatic heterocycles. The second-order valence-electron chi connectivity index (χ2n) is 3.27. The lowest BCUT2D eigenvalue weighted by Gasteiger charge is -2.02. The van der Waals surface area contributed by atoms with Crippen LogP contribution in [0.25, 0.3) is 0 Å². The zero-order valence-electron chi connectivity index (χ0n) is 6.07. The number of hydrogen-bond acceptors (Lipinski definition) is 4. The van der Waals surface area contributed by atoms with Gasteiger partial charge in [-0.15, -0.1) is 0 Å². The number of Topliss-reactive ketones (excluding diaryl/α,β-unsaturated/α-hetero) is 1. The van der Waals surface area contributed by atoms with Gasteiger partial charge in [0.05, 0.1) is 5.92 Å². The van der Waals surface area contributed by atoms with Crippen molar-refractivity contribution in [2.75, 3.05) is 0 Å². The third-order valence-electron chi connectivity index (χ3n) is 2.67. The molecule has 4 atom stereocenters. The van der Waals surface area contributed by atoms with Gasteiger partial charge in [-0.2, -0.15) is 0 Å². The summed E-state index contributed by atoms with van der Waals surface area (Å²) in [5, 5.41) is 8.98. The Labute approximate surface area is 67.2 Å². The summed E-state index contributed by atoms with van der Waals surface area (Å²) in [7, 11) is 0. The van der Waals surface area contributed by atoms with Crippen molar-refractivity contribution in [1.82, 2.24) is 0 Å². The molecular weight excluding hydrogens is 167 g/mol. The van der Waals surface area contributed by atoms with Crippen LogP contribution in [0.3, 0.4) is 0 Å². The van der Waals surface area contributed by atoms with E-state index < -0.39 is 23.9 Å². The van der Waals surface area contributed by atoms with Crippen molar-refractivity contribution in [1.29, 1.82) is 0 Å². The molecule has 0 heterocycles. The molecule has 5 heteroatoms. The molecule has 2 aliphatic carbocycles. The number of ketones is 1. The lowest BCUT2D eigenvalue weighted by atomic mass is 10.1. The van der Waals surface area contributed by atoms with Gasteiger partial charge < -0.3 is 5.11 Å². The third-order valence-corrected chi connectivity index (χ3v) is 2.67. The van der Waals surface area contributed by atoms with Gasteiger partial charge in [-0.25, -0.2) is 4.79 Å². The number of rotatable bonds is 1. The Kier molecular flexibility index (Phi) is 1.44. The van der Waals surface area contributed by atoms with Crippen molar-refractivity contribution in [3.05, 3.63) is 0 Å². The molecule has 0 bridgehead atoms. The first kappa shape index (κ1) is 7.67. The van der Waals surface area contributed by atoms with E-state index in [2.05, 4.69) is 4.94 Å². The molecule has 0 aromatic carbocycles. The minimum absolute atomic E-state index is 0.184. The molecule has 4 nitrogen and oxygen atoms in total. The molecule has 0 spiro atoms. The van der Waals surface area contributed by atoms with E-state index in [1.54, 1.807) is 0 Å². The highest BCUT2D eigenvalue weighted by atomic mass is 19.3. The van der Waals surface area contributed by atoms with Crippen LogP contribution in [0.2, 0.25) is 0 Å². The molecule has 0 unspecified atom stereocenters. The predicted molar refractivity (Wildman–Crippen MR) is 33.3 cm³/mol. The molecule has 0 amide bonds. The van der Waals surface area contributed by atoms with Crippen LogP contribution in [0.4, 0.5) is 4.53 Å². The van der Waals surface area contributed by atoms with E-state index in [1.165, 1.54) is 0 Å². The van der Waals surface area contributed by atoms with Gasteiger partial charge in [-0.1, -0.05) is 0 Å². The van der Waals surface area contributed by atoms with Crippen molar-refractivity contribution in [2.24, 2.45) is 17.8 Å². The van der Waals surface area contributed by atoms with Gasteiger partial charge >= 0.3 is 5.97 Å². The summed E-state index contributed by atoms with van der Waals surface area (Å²) in [6, 6.07) is 0. The van der Waals surface area contributed by atoms with Crippen LogP contribution in [0.15, 0.2) is 0 Å². The molecule has 2 rings (SSSR count). The minimum atomic E-state index is -0.981. The number of carbonyl (C=O) groups is 2. The summed E-state index contributed by atoms with van der Waals surface area (Å²) in [5.74, 6) is -2.63. The zero-order valence-corrected chi connectivity index (χ0v) is 6.07. The Balaban J connectivity index is 2.05. The first-order valence-corrected chi connectivity index (χ1v) is 3.71. The number of carbonyl (C=O) groups excluding carboxylic acids is 2. The lowest BCUT2D eigenvalue weighted by Crippen LogP contribution is -2.21. The van der Waals surface area contributed by atoms with Gasteiger partial charge in [-0.05, 0) is 12.3 Å². The van der Waals surface area contributed by atoms with Gasteiger partial charge in [-0.3, -0.25) is 9.74 Å². The number of halogens is 1. The van der Waals surface area contributed by atoms with E-state index in [1.807, 2.05) is 0 Å². The van der Waals surface area contributed by atoms with Crippen molar-refractivity contribution in [3.8, 4) is 0 Å². The number of aliphatic hydroxyl groups is 1. The van der Waals surface area contributed by atoms with Crippen molar-refractivity contribution in [3.63, 3.8) is 0 Å². The molecule has 12 heavy (non-hydrogen) atoms. The zero-order chi connectivity index (χ0) is 8.88. The first-order valence-electron chi connectivity index (χ1n) is 3.71. The van der Waals surface area contributed by atoms with Gasteiger partial charge in [0.1, 0.15) is 6.10 Å². The number of aliphatic hydroxyl groups excluding tert-OH is 1. The average molecular weight is 174 g/mol. The summed E-state index contributed by atoms with van der Waals surface area (Å²) in [5.41, 5.74) is 0. The van der Waals surface area contributed by atoms with Crippen molar-refractivity contribution >= 4 is 11.8 Å². The molecule has 0 aromatic rings. The van der Waals surface area contributed by atoms with Crippen LogP contribution in [0, 0.1) is 17.8 Å². The van der Waals surface area contributed by atoms with E-state index in [-0.39, 0.29) is 18.1 Å². The molecule has 66 valence electrons. The SMILES string of the molecule is O=C(OF)[C@@H]1[C@@H]2C[C@@H](O)C(=O)[C@H]21. The summed E-state index contributed by atoms with van der Waals surface area (Å²) in [6.45, 7) is 0. The topological polar surface area (TPSA) is 63.6 Å². The monoisotopic (exact) mass is 174 g/mol. The highest BCUT2D eigenvalue weighted by molar-refractivity contribution is 5.97. The third kappa shape index (κ3) is 0.797. The molecule has 2 aliphatic rings. The second kappa shape index (κ2) is 2.26. The lowest BCUT2D eigenvalue weighted by molar-refractivity contribution is -0.186. The molecule has 0 aliphatic heterocycles. The Hall–Kier alpha value is -0.970. The van der Waals surface area contributed by atoms with Crippen LogP contribution in [-0.4, -0.2) is 23.0 Å². The molecular formula is C7H7FO4. The van der Waals surface area contributed by atoms with Gasteiger partial charge in [0.15, 0.2) is 5.78 Å². The highest BCUT2D eigenvalue weighted by Crippen LogP contribution is 2.55. The molecule has 2 saturated carbocycles. The van der Waals surface area contributed by atoms with Crippen molar-refractivity contribution < 1.29 is 24.2 Å². The fraction of sp³-hybridized carbons (Fsp3) is 0.714. The van der Waals surface area contributed by atoms with Gasteiger partial charge in [0.25, 0.3) is 0 Å². The Morgan fingerprint density at radius 1 is 1.67 bits per heavy atom.